The molecule has 2 aromatic rings. The van der Waals surface area contributed by atoms with Crippen molar-refractivity contribution < 1.29 is 22.7 Å². The highest BCUT2D eigenvalue weighted by Gasteiger charge is 2.42. The molecule has 0 spiro atoms. The van der Waals surface area contributed by atoms with Crippen LogP contribution in [0, 0.1) is 5.92 Å². The number of rotatable bonds is 7. The van der Waals surface area contributed by atoms with Crippen molar-refractivity contribution in [1.29, 1.82) is 0 Å². The van der Waals surface area contributed by atoms with E-state index in [0.717, 1.165) is 15.6 Å². The summed E-state index contributed by atoms with van der Waals surface area (Å²) in [5.41, 5.74) is 1.33. The van der Waals surface area contributed by atoms with Gasteiger partial charge in [0.2, 0.25) is 15.9 Å². The third-order valence-electron chi connectivity index (χ3n) is 5.37. The minimum Gasteiger partial charge on any atom is -0.497 e. The van der Waals surface area contributed by atoms with E-state index in [2.05, 4.69) is 5.32 Å². The number of anilines is 1. The van der Waals surface area contributed by atoms with E-state index in [1.54, 1.807) is 14.0 Å². The first-order valence-corrected chi connectivity index (χ1v) is 12.0. The molecular weight excluding hydrogens is 454 g/mol. The van der Waals surface area contributed by atoms with E-state index in [0.29, 0.717) is 6.54 Å². The Kier molecular flexibility index (Phi) is 7.12. The van der Waals surface area contributed by atoms with E-state index < -0.39 is 27.8 Å². The minimum absolute atomic E-state index is 0.0633. The Morgan fingerprint density at radius 1 is 1.25 bits per heavy atom. The number of halogens is 1. The van der Waals surface area contributed by atoms with Gasteiger partial charge < -0.3 is 15.0 Å². The maximum absolute atomic E-state index is 12.8. The molecule has 2 atom stereocenters. The maximum Gasteiger partial charge on any atom is 0.252 e. The van der Waals surface area contributed by atoms with Crippen molar-refractivity contribution in [3.8, 4) is 5.75 Å². The zero-order valence-electron chi connectivity index (χ0n) is 18.3. The molecule has 1 N–H and O–H groups in total. The van der Waals surface area contributed by atoms with Crippen LogP contribution in [0.25, 0.3) is 0 Å². The van der Waals surface area contributed by atoms with Gasteiger partial charge in [-0.1, -0.05) is 30.7 Å². The van der Waals surface area contributed by atoms with Crippen LogP contribution in [-0.4, -0.2) is 58.6 Å². The smallest absolute Gasteiger partial charge is 0.252 e. The number of amides is 2. The van der Waals surface area contributed by atoms with E-state index in [1.807, 2.05) is 43.3 Å². The zero-order valence-corrected chi connectivity index (χ0v) is 19.9. The summed E-state index contributed by atoms with van der Waals surface area (Å²) in [6.45, 7) is 1.89. The van der Waals surface area contributed by atoms with Gasteiger partial charge in [0.05, 0.1) is 41.1 Å². The molecule has 1 fully saturated rings. The maximum atomic E-state index is 12.8. The molecular formula is C22H26ClN3O5S. The van der Waals surface area contributed by atoms with Gasteiger partial charge in [-0.3, -0.25) is 9.59 Å². The lowest BCUT2D eigenvalue weighted by atomic mass is 10.1. The van der Waals surface area contributed by atoms with Crippen LogP contribution in [0.15, 0.2) is 42.5 Å². The van der Waals surface area contributed by atoms with Crippen LogP contribution >= 0.6 is 11.6 Å². The monoisotopic (exact) mass is 479 g/mol. The van der Waals surface area contributed by atoms with Gasteiger partial charge >= 0.3 is 0 Å². The summed E-state index contributed by atoms with van der Waals surface area (Å²) in [6.07, 6.45) is 0. The van der Waals surface area contributed by atoms with Crippen molar-refractivity contribution in [2.75, 3.05) is 37.8 Å². The molecule has 1 aliphatic rings. The number of carbonyl (C=O) groups excluding carboxylic acids is 2. The molecule has 2 aromatic carbocycles. The molecule has 8 nitrogen and oxygen atoms in total. The first-order valence-electron chi connectivity index (χ1n) is 10.00. The topological polar surface area (TPSA) is 96.0 Å². The molecule has 1 aliphatic heterocycles. The molecule has 2 unspecified atom stereocenters. The van der Waals surface area contributed by atoms with Crippen molar-refractivity contribution in [2.45, 2.75) is 13.0 Å². The van der Waals surface area contributed by atoms with Gasteiger partial charge in [-0.15, -0.1) is 0 Å². The molecule has 32 heavy (non-hydrogen) atoms. The highest BCUT2D eigenvalue weighted by atomic mass is 35.5. The Hall–Kier alpha value is -2.62. The highest BCUT2D eigenvalue weighted by Crippen LogP contribution is 2.31. The molecule has 10 heteroatoms. The van der Waals surface area contributed by atoms with Crippen molar-refractivity contribution >= 4 is 39.1 Å². The van der Waals surface area contributed by atoms with Gasteiger partial charge in [0.1, 0.15) is 5.75 Å². The van der Waals surface area contributed by atoms with Gasteiger partial charge in [-0.05, 0) is 50.0 Å². The SMILES string of the molecule is COc1ccc(C(CNC(=O)c2ccc(N3C(=O)C(C)CS3(=O)=O)cc2Cl)N(C)C)cc1. The number of hydrogen-bond donors (Lipinski definition) is 1. The van der Waals surface area contributed by atoms with Crippen molar-refractivity contribution in [3.05, 3.63) is 58.6 Å². The van der Waals surface area contributed by atoms with Gasteiger partial charge in [-0.25, -0.2) is 12.7 Å². The number of benzene rings is 2. The Bertz CT molecular complexity index is 1120. The molecule has 0 aromatic heterocycles. The summed E-state index contributed by atoms with van der Waals surface area (Å²) in [4.78, 5) is 27.0. The van der Waals surface area contributed by atoms with E-state index in [-0.39, 0.29) is 28.1 Å². The fraction of sp³-hybridized carbons (Fsp3) is 0.364. The Labute approximate surface area is 193 Å². The van der Waals surface area contributed by atoms with E-state index >= 15 is 0 Å². The second-order valence-corrected chi connectivity index (χ2v) is 10.2. The average molecular weight is 480 g/mol. The van der Waals surface area contributed by atoms with Crippen LogP contribution < -0.4 is 14.4 Å². The lowest BCUT2D eigenvalue weighted by molar-refractivity contribution is -0.119. The first-order chi connectivity index (χ1) is 15.0. The summed E-state index contributed by atoms with van der Waals surface area (Å²) < 4.78 is 30.6. The predicted molar refractivity (Wildman–Crippen MR) is 124 cm³/mol. The van der Waals surface area contributed by atoms with Gasteiger partial charge in [0.25, 0.3) is 5.91 Å². The van der Waals surface area contributed by atoms with E-state index in [9.17, 15) is 18.0 Å². The fourth-order valence-electron chi connectivity index (χ4n) is 3.61. The summed E-state index contributed by atoms with van der Waals surface area (Å²) in [5.74, 6) is -1.03. The molecule has 3 rings (SSSR count). The Morgan fingerprint density at radius 2 is 1.91 bits per heavy atom. The van der Waals surface area contributed by atoms with Gasteiger partial charge in [0, 0.05) is 6.54 Å². The van der Waals surface area contributed by atoms with Crippen LogP contribution in [0.2, 0.25) is 5.02 Å². The summed E-state index contributed by atoms with van der Waals surface area (Å²) >= 11 is 6.29. The minimum atomic E-state index is -3.74. The number of methoxy groups -OCH3 is 1. The lowest BCUT2D eigenvalue weighted by Crippen LogP contribution is -2.34. The van der Waals surface area contributed by atoms with Crippen molar-refractivity contribution in [2.24, 2.45) is 5.92 Å². The highest BCUT2D eigenvalue weighted by molar-refractivity contribution is 7.94. The standard InChI is InChI=1S/C22H26ClN3O5S/c1-14-13-32(29,30)26(22(14)28)16-7-10-18(19(23)11-16)21(27)24-12-20(25(2)3)15-5-8-17(31-4)9-6-15/h5-11,14,20H,12-13H2,1-4H3,(H,24,27). The Balaban J connectivity index is 1.75. The van der Waals surface area contributed by atoms with E-state index in [4.69, 9.17) is 16.3 Å². The quantitative estimate of drug-likeness (QED) is 0.656. The fourth-order valence-corrected chi connectivity index (χ4v) is 5.68. The molecule has 0 saturated carbocycles. The third-order valence-corrected chi connectivity index (χ3v) is 7.55. The van der Waals surface area contributed by atoms with Crippen LogP contribution in [0.4, 0.5) is 5.69 Å². The zero-order chi connectivity index (χ0) is 23.6. The molecule has 0 aliphatic carbocycles. The molecule has 172 valence electrons. The summed E-state index contributed by atoms with van der Waals surface area (Å²) in [5, 5.41) is 2.94. The van der Waals surface area contributed by atoms with Crippen LogP contribution in [0.5, 0.6) is 5.75 Å². The number of hydrogen-bond acceptors (Lipinski definition) is 6. The molecule has 0 radical (unpaired) electrons. The molecule has 0 bridgehead atoms. The predicted octanol–water partition coefficient (Wildman–Crippen LogP) is 2.69. The van der Waals surface area contributed by atoms with Crippen LogP contribution in [-0.2, 0) is 14.8 Å². The molecule has 2 amide bonds. The number of ether oxygens (including phenoxy) is 1. The van der Waals surface area contributed by atoms with Gasteiger partial charge in [0.15, 0.2) is 0 Å². The Morgan fingerprint density at radius 3 is 2.41 bits per heavy atom. The number of likely N-dealkylation sites (N-methyl/N-ethyl adjacent to an activating group) is 1. The number of carbonyl (C=O) groups is 2. The van der Waals surface area contributed by atoms with Gasteiger partial charge in [-0.2, -0.15) is 0 Å². The largest absolute Gasteiger partial charge is 0.497 e. The summed E-state index contributed by atoms with van der Waals surface area (Å²) in [7, 11) is 1.68. The van der Waals surface area contributed by atoms with Crippen LogP contribution in [0.1, 0.15) is 28.9 Å². The molecule has 1 saturated heterocycles. The summed E-state index contributed by atoms with van der Waals surface area (Å²) in [6, 6.07) is 11.7. The number of sulfonamides is 1. The third kappa shape index (κ3) is 4.90. The van der Waals surface area contributed by atoms with Crippen molar-refractivity contribution in [1.82, 2.24) is 10.2 Å². The second kappa shape index (κ2) is 9.48. The normalized spacial score (nSPS) is 18.6. The second-order valence-electron chi connectivity index (χ2n) is 7.91. The van der Waals surface area contributed by atoms with E-state index in [1.165, 1.54) is 18.2 Å². The number of nitrogens with zero attached hydrogens (tertiary/aromatic N) is 2. The molecule has 1 heterocycles. The van der Waals surface area contributed by atoms with Crippen LogP contribution in [0.3, 0.4) is 0 Å². The number of nitrogens with one attached hydrogen (secondary N) is 1. The van der Waals surface area contributed by atoms with Crippen molar-refractivity contribution in [3.63, 3.8) is 0 Å². The first kappa shape index (κ1) is 24.0. The average Bonchev–Trinajstić information content (AvgIpc) is 2.94. The lowest BCUT2D eigenvalue weighted by Gasteiger charge is -2.25.